The molecule has 0 unspecified atom stereocenters. The molecule has 10 heteroatoms. The van der Waals surface area contributed by atoms with Crippen LogP contribution >= 0.6 is 0 Å². The summed E-state index contributed by atoms with van der Waals surface area (Å²) in [6.07, 6.45) is 5.81. The van der Waals surface area contributed by atoms with Crippen LogP contribution in [0.3, 0.4) is 0 Å². The second kappa shape index (κ2) is 10.9. The number of aliphatic hydroxyl groups excluding tert-OH is 1. The summed E-state index contributed by atoms with van der Waals surface area (Å²) in [5.41, 5.74) is 0.973. The second-order valence-corrected chi connectivity index (χ2v) is 8.85. The van der Waals surface area contributed by atoms with Crippen LogP contribution in [0.5, 0.6) is 23.0 Å². The fraction of sp³-hybridized carbons (Fsp3) is 0.321. The average molecular weight is 520 g/mol. The number of nitrogens with zero attached hydrogens (tertiary/aromatic N) is 3. The van der Waals surface area contributed by atoms with Crippen molar-refractivity contribution in [1.29, 1.82) is 0 Å². The number of aryl methyl sites for hydroxylation is 1. The first-order valence-corrected chi connectivity index (χ1v) is 12.5. The number of imidazole rings is 1. The molecule has 0 radical (unpaired) electrons. The zero-order valence-electron chi connectivity index (χ0n) is 21.3. The highest BCUT2D eigenvalue weighted by Gasteiger charge is 2.46. The number of benzene rings is 2. The molecule has 3 aromatic rings. The van der Waals surface area contributed by atoms with Crippen LogP contribution in [0.2, 0.25) is 0 Å². The van der Waals surface area contributed by atoms with Crippen molar-refractivity contribution in [3.8, 4) is 23.0 Å². The van der Waals surface area contributed by atoms with Crippen LogP contribution in [0.25, 0.3) is 5.76 Å². The van der Waals surface area contributed by atoms with E-state index in [1.165, 1.54) is 12.0 Å². The van der Waals surface area contributed by atoms with Gasteiger partial charge < -0.3 is 33.5 Å². The number of ketones is 1. The molecule has 198 valence electrons. The zero-order valence-corrected chi connectivity index (χ0v) is 21.3. The van der Waals surface area contributed by atoms with Crippen LogP contribution in [-0.2, 0) is 16.1 Å². The number of carbonyl (C=O) groups excluding carboxylic acids is 2. The Hall–Kier alpha value is -4.47. The van der Waals surface area contributed by atoms with Crippen LogP contribution < -0.4 is 18.9 Å². The van der Waals surface area contributed by atoms with Gasteiger partial charge in [0, 0.05) is 31.0 Å². The Morgan fingerprint density at radius 1 is 1.08 bits per heavy atom. The quantitative estimate of drug-likeness (QED) is 0.259. The molecule has 2 aromatic carbocycles. The fourth-order valence-electron chi connectivity index (χ4n) is 4.77. The van der Waals surface area contributed by atoms with Crippen molar-refractivity contribution in [3.63, 3.8) is 0 Å². The number of hydrogen-bond acceptors (Lipinski definition) is 8. The molecule has 38 heavy (non-hydrogen) atoms. The third-order valence-electron chi connectivity index (χ3n) is 6.53. The minimum Gasteiger partial charge on any atom is -0.507 e. The number of likely N-dealkylation sites (tertiary alicyclic amines) is 1. The first-order chi connectivity index (χ1) is 18.5. The van der Waals surface area contributed by atoms with Crippen LogP contribution in [0.15, 0.2) is 60.7 Å². The normalized spacial score (nSPS) is 18.1. The van der Waals surface area contributed by atoms with E-state index in [9.17, 15) is 14.7 Å². The summed E-state index contributed by atoms with van der Waals surface area (Å²) < 4.78 is 24.3. The van der Waals surface area contributed by atoms with E-state index < -0.39 is 17.7 Å². The number of amides is 1. The predicted octanol–water partition coefficient (Wildman–Crippen LogP) is 3.57. The number of hydrogen-bond donors (Lipinski definition) is 1. The van der Waals surface area contributed by atoms with Gasteiger partial charge in [-0.05, 0) is 49.2 Å². The topological polar surface area (TPSA) is 112 Å². The van der Waals surface area contributed by atoms with Gasteiger partial charge in [0.2, 0.25) is 0 Å². The monoisotopic (exact) mass is 519 g/mol. The number of ether oxygens (including phenoxy) is 4. The van der Waals surface area contributed by atoms with E-state index in [2.05, 4.69) is 4.98 Å². The van der Waals surface area contributed by atoms with E-state index in [1.54, 1.807) is 48.9 Å². The molecule has 0 spiro atoms. The molecular weight excluding hydrogens is 490 g/mol. The van der Waals surface area contributed by atoms with Gasteiger partial charge in [-0.1, -0.05) is 6.07 Å². The predicted molar refractivity (Wildman–Crippen MR) is 137 cm³/mol. The molecule has 1 saturated heterocycles. The molecule has 0 saturated carbocycles. The van der Waals surface area contributed by atoms with Crippen molar-refractivity contribution in [3.05, 3.63) is 71.8 Å². The molecule has 3 heterocycles. The summed E-state index contributed by atoms with van der Waals surface area (Å²) >= 11 is 0. The van der Waals surface area contributed by atoms with Gasteiger partial charge in [-0.2, -0.15) is 0 Å². The van der Waals surface area contributed by atoms with Gasteiger partial charge in [0.1, 0.15) is 19.0 Å². The molecule has 0 aliphatic carbocycles. The van der Waals surface area contributed by atoms with Crippen LogP contribution in [0, 0.1) is 0 Å². The highest BCUT2D eigenvalue weighted by molar-refractivity contribution is 6.46. The lowest BCUT2D eigenvalue weighted by Crippen LogP contribution is -2.31. The SMILES string of the molecule is CCOc1ccc([C@@H]2/C(=C(\O)c3ccc4c(c3)OCCO4)C(=O)C(=O)N2CCCn2ccnc2)cc1OC. The van der Waals surface area contributed by atoms with E-state index in [1.807, 2.05) is 17.7 Å². The van der Waals surface area contributed by atoms with Crippen molar-refractivity contribution in [2.24, 2.45) is 0 Å². The molecule has 1 atom stereocenters. The molecule has 1 N–H and O–H groups in total. The number of carbonyl (C=O) groups is 2. The largest absolute Gasteiger partial charge is 0.507 e. The van der Waals surface area contributed by atoms with Crippen LogP contribution in [0.4, 0.5) is 0 Å². The Morgan fingerprint density at radius 3 is 2.63 bits per heavy atom. The molecule has 10 nitrogen and oxygen atoms in total. The molecule has 1 aromatic heterocycles. The second-order valence-electron chi connectivity index (χ2n) is 8.85. The Kier molecular flexibility index (Phi) is 7.21. The minimum atomic E-state index is -0.824. The molecule has 1 fully saturated rings. The third-order valence-corrected chi connectivity index (χ3v) is 6.53. The van der Waals surface area contributed by atoms with Crippen molar-refractivity contribution in [2.45, 2.75) is 25.9 Å². The summed E-state index contributed by atoms with van der Waals surface area (Å²) in [5, 5.41) is 11.4. The highest BCUT2D eigenvalue weighted by Crippen LogP contribution is 2.43. The Balaban J connectivity index is 1.56. The van der Waals surface area contributed by atoms with E-state index in [-0.39, 0.29) is 11.3 Å². The first kappa shape index (κ1) is 25.2. The summed E-state index contributed by atoms with van der Waals surface area (Å²) in [5.74, 6) is 0.325. The minimum absolute atomic E-state index is 0.000483. The summed E-state index contributed by atoms with van der Waals surface area (Å²) in [6, 6.07) is 9.38. The van der Waals surface area contributed by atoms with E-state index in [4.69, 9.17) is 18.9 Å². The summed E-state index contributed by atoms with van der Waals surface area (Å²) in [7, 11) is 1.53. The lowest BCUT2D eigenvalue weighted by atomic mass is 9.94. The van der Waals surface area contributed by atoms with Gasteiger partial charge in [0.15, 0.2) is 23.0 Å². The number of methoxy groups -OCH3 is 1. The third kappa shape index (κ3) is 4.77. The molecule has 2 aliphatic rings. The van der Waals surface area contributed by atoms with Gasteiger partial charge >= 0.3 is 0 Å². The van der Waals surface area contributed by atoms with E-state index in [0.29, 0.717) is 73.5 Å². The number of aliphatic hydroxyl groups is 1. The Labute approximate surface area is 220 Å². The maximum atomic E-state index is 13.4. The summed E-state index contributed by atoms with van der Waals surface area (Å²) in [6.45, 7) is 4.04. The Morgan fingerprint density at radius 2 is 1.89 bits per heavy atom. The van der Waals surface area contributed by atoms with Crippen LogP contribution in [-0.4, -0.2) is 64.7 Å². The molecule has 0 bridgehead atoms. The number of Topliss-reactive ketones (excluding diaryl/α,β-unsaturated/α-hetero) is 1. The lowest BCUT2D eigenvalue weighted by Gasteiger charge is -2.26. The van der Waals surface area contributed by atoms with Gasteiger partial charge in [0.25, 0.3) is 11.7 Å². The Bertz CT molecular complexity index is 1370. The molecular formula is C28H29N3O7. The number of fused-ring (bicyclic) bond motifs is 1. The lowest BCUT2D eigenvalue weighted by molar-refractivity contribution is -0.139. The van der Waals surface area contributed by atoms with Crippen molar-refractivity contribution in [1.82, 2.24) is 14.5 Å². The highest BCUT2D eigenvalue weighted by atomic mass is 16.6. The maximum absolute atomic E-state index is 13.4. The van der Waals surface area contributed by atoms with E-state index in [0.717, 1.165) is 0 Å². The standard InChI is InChI=1S/C28H29N3O7/c1-3-36-20-7-5-18(15-22(20)35-2)25-24(26(32)19-6-8-21-23(16-19)38-14-13-37-21)27(33)28(34)31(25)11-4-10-30-12-9-29-17-30/h5-9,12,15-17,25,32H,3-4,10-11,13-14H2,1-2H3/b26-24+/t25-/m1/s1. The maximum Gasteiger partial charge on any atom is 0.295 e. The summed E-state index contributed by atoms with van der Waals surface area (Å²) in [4.78, 5) is 32.2. The molecule has 2 aliphatic heterocycles. The molecule has 1 amide bonds. The van der Waals surface area contributed by atoms with Gasteiger partial charge in [0.05, 0.1) is 31.7 Å². The molecule has 5 rings (SSSR count). The van der Waals surface area contributed by atoms with Gasteiger partial charge in [-0.3, -0.25) is 9.59 Å². The van der Waals surface area contributed by atoms with Gasteiger partial charge in [-0.15, -0.1) is 0 Å². The average Bonchev–Trinajstić information content (AvgIpc) is 3.55. The van der Waals surface area contributed by atoms with Crippen LogP contribution in [0.1, 0.15) is 30.5 Å². The first-order valence-electron chi connectivity index (χ1n) is 12.5. The zero-order chi connectivity index (χ0) is 26.6. The smallest absolute Gasteiger partial charge is 0.295 e. The van der Waals surface area contributed by atoms with Gasteiger partial charge in [-0.25, -0.2) is 4.98 Å². The number of aromatic nitrogens is 2. The van der Waals surface area contributed by atoms with Crippen molar-refractivity contribution >= 4 is 17.4 Å². The number of rotatable bonds is 9. The van der Waals surface area contributed by atoms with E-state index >= 15 is 0 Å². The van der Waals surface area contributed by atoms with Crippen molar-refractivity contribution in [2.75, 3.05) is 33.5 Å². The van der Waals surface area contributed by atoms with Crippen molar-refractivity contribution < 1.29 is 33.6 Å². The fourth-order valence-corrected chi connectivity index (χ4v) is 4.77.